The van der Waals surface area contributed by atoms with Crippen LogP contribution in [0.4, 0.5) is 22.4 Å². The van der Waals surface area contributed by atoms with Crippen molar-refractivity contribution in [1.82, 2.24) is 9.47 Å². The molecule has 1 aromatic heterocycles. The third-order valence-electron chi connectivity index (χ3n) is 5.98. The molecule has 4 aromatic rings. The number of nitrogens with zero attached hydrogens (tertiary/aromatic N) is 2. The average Bonchev–Trinajstić information content (AvgIpc) is 3.24. The number of rotatable bonds is 6. The van der Waals surface area contributed by atoms with Crippen LogP contribution in [0.3, 0.4) is 0 Å². The minimum atomic E-state index is -4.49. The van der Waals surface area contributed by atoms with Crippen LogP contribution >= 0.6 is 11.6 Å². The zero-order valence-corrected chi connectivity index (χ0v) is 20.3. The first kappa shape index (κ1) is 25.6. The van der Waals surface area contributed by atoms with Crippen molar-refractivity contribution in [3.05, 3.63) is 88.8 Å². The van der Waals surface area contributed by atoms with Crippen LogP contribution in [0.25, 0.3) is 22.0 Å². The molecule has 188 valence electrons. The van der Waals surface area contributed by atoms with Crippen LogP contribution in [0.2, 0.25) is 5.02 Å². The normalized spacial score (nSPS) is 11.6. The topological polar surface area (TPSA) is 34.5 Å². The van der Waals surface area contributed by atoms with E-state index in [1.165, 1.54) is 23.1 Å². The molecule has 3 aromatic carbocycles. The van der Waals surface area contributed by atoms with Gasteiger partial charge in [-0.3, -0.25) is 0 Å². The quantitative estimate of drug-likeness (QED) is 0.242. The lowest BCUT2D eigenvalue weighted by Gasteiger charge is -2.20. The maximum absolute atomic E-state index is 13.6. The summed E-state index contributed by atoms with van der Waals surface area (Å²) in [5.41, 5.74) is 1.41. The zero-order chi connectivity index (χ0) is 26.0. The Hall–Kier alpha value is -3.52. The first-order valence-electron chi connectivity index (χ1n) is 11.3. The Morgan fingerprint density at radius 1 is 1.00 bits per heavy atom. The summed E-state index contributed by atoms with van der Waals surface area (Å²) in [5.74, 6) is -0.120. The fraction of sp³-hybridized carbons (Fsp3) is 0.222. The highest BCUT2D eigenvalue weighted by Crippen LogP contribution is 2.39. The molecule has 36 heavy (non-hydrogen) atoms. The largest absolute Gasteiger partial charge is 0.416 e. The van der Waals surface area contributed by atoms with Crippen LogP contribution in [0.5, 0.6) is 5.75 Å². The summed E-state index contributed by atoms with van der Waals surface area (Å²) in [6, 6.07) is 14.1. The summed E-state index contributed by atoms with van der Waals surface area (Å²) < 4.78 is 60.8. The molecule has 0 aliphatic rings. The molecule has 0 saturated carbocycles. The molecule has 4 nitrogen and oxygen atoms in total. The van der Waals surface area contributed by atoms with E-state index >= 15 is 0 Å². The monoisotopic (exact) mass is 518 g/mol. The van der Waals surface area contributed by atoms with Gasteiger partial charge in [-0.15, -0.1) is 0 Å². The van der Waals surface area contributed by atoms with Crippen LogP contribution in [0.1, 0.15) is 25.0 Å². The van der Waals surface area contributed by atoms with Crippen LogP contribution in [-0.4, -0.2) is 28.6 Å². The highest BCUT2D eigenvalue weighted by molar-refractivity contribution is 6.31. The van der Waals surface area contributed by atoms with Crippen molar-refractivity contribution < 1.29 is 27.1 Å². The van der Waals surface area contributed by atoms with Gasteiger partial charge in [0.1, 0.15) is 11.6 Å². The Kier molecular flexibility index (Phi) is 7.26. The number of amides is 1. The van der Waals surface area contributed by atoms with Crippen molar-refractivity contribution in [2.24, 2.45) is 0 Å². The van der Waals surface area contributed by atoms with E-state index in [0.29, 0.717) is 46.4 Å². The van der Waals surface area contributed by atoms with E-state index in [1.807, 2.05) is 13.8 Å². The fourth-order valence-corrected chi connectivity index (χ4v) is 4.26. The lowest BCUT2D eigenvalue weighted by molar-refractivity contribution is -0.137. The molecule has 0 aliphatic carbocycles. The minimum Gasteiger partial charge on any atom is -0.410 e. The van der Waals surface area contributed by atoms with E-state index in [-0.39, 0.29) is 11.6 Å². The molecule has 0 N–H and O–H groups in total. The Bertz CT molecular complexity index is 1390. The summed E-state index contributed by atoms with van der Waals surface area (Å²) in [4.78, 5) is 14.2. The molecule has 1 amide bonds. The van der Waals surface area contributed by atoms with E-state index in [4.69, 9.17) is 16.3 Å². The maximum Gasteiger partial charge on any atom is 0.416 e. The molecule has 0 saturated heterocycles. The van der Waals surface area contributed by atoms with E-state index < -0.39 is 23.7 Å². The van der Waals surface area contributed by atoms with E-state index in [1.54, 1.807) is 41.1 Å². The van der Waals surface area contributed by atoms with Crippen molar-refractivity contribution in [3.63, 3.8) is 0 Å². The van der Waals surface area contributed by atoms with E-state index in [9.17, 15) is 22.4 Å². The molecule has 0 bridgehead atoms. The molecule has 0 aliphatic heterocycles. The number of hydrogen-bond acceptors (Lipinski definition) is 2. The van der Waals surface area contributed by atoms with Crippen LogP contribution < -0.4 is 4.74 Å². The van der Waals surface area contributed by atoms with Crippen LogP contribution in [-0.2, 0) is 12.7 Å². The highest BCUT2D eigenvalue weighted by atomic mass is 35.5. The first-order valence-corrected chi connectivity index (χ1v) is 11.7. The average molecular weight is 519 g/mol. The number of carbonyl (C=O) groups is 1. The molecule has 9 heteroatoms. The molecular formula is C27H23ClF4N2O2. The van der Waals surface area contributed by atoms with Gasteiger partial charge in [0.15, 0.2) is 0 Å². The first-order chi connectivity index (χ1) is 17.1. The predicted octanol–water partition coefficient (Wildman–Crippen LogP) is 8.01. The Morgan fingerprint density at radius 3 is 2.33 bits per heavy atom. The second-order valence-electron chi connectivity index (χ2n) is 8.17. The van der Waals surface area contributed by atoms with E-state index in [2.05, 4.69) is 0 Å². The number of alkyl halides is 3. The van der Waals surface area contributed by atoms with Gasteiger partial charge >= 0.3 is 12.3 Å². The number of halogens is 5. The third-order valence-corrected chi connectivity index (χ3v) is 6.35. The second-order valence-corrected chi connectivity index (χ2v) is 8.57. The van der Waals surface area contributed by atoms with Gasteiger partial charge in [-0.25, -0.2) is 9.18 Å². The standard InChI is InChI=1S/C27H23ClF4N2O2/c1-3-33(4-2)26(35)36-24-12-11-23-21(25(24)17-5-8-20(29)9-6-17)13-14-34(23)16-18-15-19(27(30,31)32)7-10-22(18)28/h5-15H,3-4,16H2,1-2H3. The van der Waals surface area contributed by atoms with Crippen molar-refractivity contribution in [2.45, 2.75) is 26.6 Å². The number of carbonyl (C=O) groups excluding carboxylic acids is 1. The van der Waals surface area contributed by atoms with Gasteiger partial charge < -0.3 is 14.2 Å². The van der Waals surface area contributed by atoms with Gasteiger partial charge in [0.2, 0.25) is 0 Å². The number of hydrogen-bond donors (Lipinski definition) is 0. The lowest BCUT2D eigenvalue weighted by atomic mass is 10.0. The van der Waals surface area contributed by atoms with Crippen molar-refractivity contribution in [3.8, 4) is 16.9 Å². The summed E-state index contributed by atoms with van der Waals surface area (Å²) in [5, 5.41) is 0.905. The summed E-state index contributed by atoms with van der Waals surface area (Å²) in [7, 11) is 0. The Balaban J connectivity index is 1.81. The van der Waals surface area contributed by atoms with Gasteiger partial charge in [-0.2, -0.15) is 13.2 Å². The van der Waals surface area contributed by atoms with Crippen molar-refractivity contribution in [1.29, 1.82) is 0 Å². The van der Waals surface area contributed by atoms with Gasteiger partial charge in [0.05, 0.1) is 5.56 Å². The number of fused-ring (bicyclic) bond motifs is 1. The maximum atomic E-state index is 13.6. The molecule has 0 unspecified atom stereocenters. The zero-order valence-electron chi connectivity index (χ0n) is 19.6. The lowest BCUT2D eigenvalue weighted by Crippen LogP contribution is -2.33. The molecule has 0 fully saturated rings. The fourth-order valence-electron chi connectivity index (χ4n) is 4.09. The van der Waals surface area contributed by atoms with Crippen LogP contribution in [0.15, 0.2) is 66.9 Å². The molecule has 0 spiro atoms. The summed E-state index contributed by atoms with van der Waals surface area (Å²) in [6.07, 6.45) is -3.28. The predicted molar refractivity (Wildman–Crippen MR) is 132 cm³/mol. The molecule has 0 atom stereocenters. The van der Waals surface area contributed by atoms with Gasteiger partial charge in [-0.05, 0) is 73.5 Å². The van der Waals surface area contributed by atoms with E-state index in [0.717, 1.165) is 12.1 Å². The minimum absolute atomic E-state index is 0.0910. The molecule has 0 radical (unpaired) electrons. The smallest absolute Gasteiger partial charge is 0.410 e. The Morgan fingerprint density at radius 2 is 1.69 bits per heavy atom. The van der Waals surface area contributed by atoms with Gasteiger partial charge in [0, 0.05) is 47.3 Å². The summed E-state index contributed by atoms with van der Waals surface area (Å²) in [6.45, 7) is 4.71. The molecule has 1 heterocycles. The number of aromatic nitrogens is 1. The molecule has 4 rings (SSSR count). The molecular weight excluding hydrogens is 496 g/mol. The number of ether oxygens (including phenoxy) is 1. The second kappa shape index (κ2) is 10.2. The Labute approximate surface area is 210 Å². The third kappa shape index (κ3) is 5.18. The van der Waals surface area contributed by atoms with Gasteiger partial charge in [-0.1, -0.05) is 23.7 Å². The van der Waals surface area contributed by atoms with Crippen LogP contribution in [0, 0.1) is 5.82 Å². The van der Waals surface area contributed by atoms with Gasteiger partial charge in [0.25, 0.3) is 0 Å². The SMILES string of the molecule is CCN(CC)C(=O)Oc1ccc2c(ccn2Cc2cc(C(F)(F)F)ccc2Cl)c1-c1ccc(F)cc1. The van der Waals surface area contributed by atoms with Crippen molar-refractivity contribution >= 4 is 28.6 Å². The summed E-state index contributed by atoms with van der Waals surface area (Å²) >= 11 is 6.22. The highest BCUT2D eigenvalue weighted by Gasteiger charge is 2.31. The number of benzene rings is 3. The van der Waals surface area contributed by atoms with Crippen molar-refractivity contribution in [2.75, 3.05) is 13.1 Å².